The van der Waals surface area contributed by atoms with E-state index in [1.807, 2.05) is 32.9 Å². The van der Waals surface area contributed by atoms with Gasteiger partial charge in [-0.2, -0.15) is 0 Å². The highest BCUT2D eigenvalue weighted by Gasteiger charge is 2.22. The number of carbonyl (C=O) groups excluding carboxylic acids is 2. The molecule has 0 aliphatic carbocycles. The summed E-state index contributed by atoms with van der Waals surface area (Å²) in [4.78, 5) is 34.5. The van der Waals surface area contributed by atoms with E-state index in [4.69, 9.17) is 14.5 Å². The number of hydrogen-bond acceptors (Lipinski definition) is 7. The molecule has 0 saturated heterocycles. The van der Waals surface area contributed by atoms with Crippen molar-refractivity contribution in [3.63, 3.8) is 0 Å². The summed E-state index contributed by atoms with van der Waals surface area (Å²) in [6, 6.07) is 14.4. The first-order valence-corrected chi connectivity index (χ1v) is 14.5. The van der Waals surface area contributed by atoms with Crippen molar-refractivity contribution in [3.05, 3.63) is 70.4 Å². The summed E-state index contributed by atoms with van der Waals surface area (Å²) in [6.45, 7) is 14.3. The van der Waals surface area contributed by atoms with Crippen molar-refractivity contribution >= 4 is 34.3 Å². The molecule has 0 atom stereocenters. The Bertz CT molecular complexity index is 1520. The number of aryl methyl sites for hydroxylation is 1. The zero-order valence-corrected chi connectivity index (χ0v) is 25.1. The summed E-state index contributed by atoms with van der Waals surface area (Å²) in [7, 11) is 0. The molecule has 7 nitrogen and oxygen atoms in total. The van der Waals surface area contributed by atoms with E-state index in [9.17, 15) is 9.59 Å². The quantitative estimate of drug-likeness (QED) is 0.222. The number of rotatable bonds is 8. The van der Waals surface area contributed by atoms with Crippen LogP contribution >= 0.6 is 11.3 Å². The van der Waals surface area contributed by atoms with Gasteiger partial charge in [0, 0.05) is 34.1 Å². The molecule has 0 bridgehead atoms. The van der Waals surface area contributed by atoms with E-state index >= 15 is 0 Å². The van der Waals surface area contributed by atoms with Crippen LogP contribution in [-0.4, -0.2) is 34.2 Å². The minimum atomic E-state index is -0.600. The Morgan fingerprint density at radius 3 is 2.38 bits per heavy atom. The van der Waals surface area contributed by atoms with Gasteiger partial charge in [0.05, 0.1) is 12.1 Å². The zero-order chi connectivity index (χ0) is 29.0. The number of carbonyl (C=O) groups is 2. The van der Waals surface area contributed by atoms with Crippen molar-refractivity contribution in [2.24, 2.45) is 5.92 Å². The number of esters is 1. The second kappa shape index (κ2) is 12.2. The molecule has 40 heavy (non-hydrogen) atoms. The highest BCUT2D eigenvalue weighted by molar-refractivity contribution is 7.13. The molecular weight excluding hydrogens is 522 g/mol. The van der Waals surface area contributed by atoms with E-state index in [2.05, 4.69) is 61.4 Å². The second-order valence-electron chi connectivity index (χ2n) is 11.2. The van der Waals surface area contributed by atoms with Crippen LogP contribution < -0.4 is 5.32 Å². The fraction of sp³-hybridized carbons (Fsp3) is 0.375. The summed E-state index contributed by atoms with van der Waals surface area (Å²) < 4.78 is 10.7. The van der Waals surface area contributed by atoms with Crippen LogP contribution in [0.5, 0.6) is 0 Å². The lowest BCUT2D eigenvalue weighted by molar-refractivity contribution is 0.0511. The molecule has 8 heteroatoms. The maximum absolute atomic E-state index is 12.7. The van der Waals surface area contributed by atoms with Crippen molar-refractivity contribution in [2.45, 2.75) is 67.0 Å². The summed E-state index contributed by atoms with van der Waals surface area (Å²) >= 11 is 1.40. The van der Waals surface area contributed by atoms with Crippen LogP contribution in [0.1, 0.15) is 68.9 Å². The second-order valence-corrected chi connectivity index (χ2v) is 12.1. The predicted molar refractivity (Wildman–Crippen MR) is 161 cm³/mol. The molecule has 0 radical (unpaired) electrons. The standard InChI is InChI=1S/C32H37N3O4S/c1-8-38-30(36)27-18-40-29(35-27)22-13-14-25-23(16-22)28(21-11-9-20(4)10-12-21)24(26(34-25)15-19(2)3)17-33-31(37)39-32(5,6)7/h9-14,16,18-19H,8,15,17H2,1-7H3,(H,33,37). The molecule has 0 spiro atoms. The predicted octanol–water partition coefficient (Wildman–Crippen LogP) is 7.73. The van der Waals surface area contributed by atoms with Gasteiger partial charge in [0.2, 0.25) is 0 Å². The highest BCUT2D eigenvalue weighted by Crippen LogP contribution is 2.37. The van der Waals surface area contributed by atoms with Crippen molar-refractivity contribution in [1.82, 2.24) is 15.3 Å². The van der Waals surface area contributed by atoms with Gasteiger partial charge in [-0.15, -0.1) is 11.3 Å². The lowest BCUT2D eigenvalue weighted by atomic mass is 9.90. The third kappa shape index (κ3) is 7.04. The Hall–Kier alpha value is -3.78. The number of thiazole rings is 1. The van der Waals surface area contributed by atoms with Crippen LogP contribution in [0.15, 0.2) is 47.8 Å². The molecule has 210 valence electrons. The van der Waals surface area contributed by atoms with E-state index in [1.54, 1.807) is 12.3 Å². The molecular formula is C32H37N3O4S. The van der Waals surface area contributed by atoms with Crippen molar-refractivity contribution < 1.29 is 19.1 Å². The van der Waals surface area contributed by atoms with Crippen LogP contribution in [-0.2, 0) is 22.4 Å². The highest BCUT2D eigenvalue weighted by atomic mass is 32.1. The first kappa shape index (κ1) is 29.2. The van der Waals surface area contributed by atoms with Gasteiger partial charge in [-0.25, -0.2) is 14.6 Å². The Morgan fingerprint density at radius 2 is 1.73 bits per heavy atom. The largest absolute Gasteiger partial charge is 0.461 e. The number of aromatic nitrogens is 2. The normalized spacial score (nSPS) is 11.6. The Kier molecular flexibility index (Phi) is 8.88. The molecule has 1 N–H and O–H groups in total. The van der Waals surface area contributed by atoms with Gasteiger partial charge < -0.3 is 14.8 Å². The van der Waals surface area contributed by atoms with Gasteiger partial charge in [0.1, 0.15) is 10.6 Å². The third-order valence-electron chi connectivity index (χ3n) is 6.16. The lowest BCUT2D eigenvalue weighted by Gasteiger charge is -2.22. The molecule has 4 aromatic rings. The molecule has 1 amide bonds. The van der Waals surface area contributed by atoms with Crippen LogP contribution in [0.25, 0.3) is 32.6 Å². The number of amides is 1. The summed E-state index contributed by atoms with van der Waals surface area (Å²) in [5.41, 5.74) is 6.55. The number of benzene rings is 2. The summed E-state index contributed by atoms with van der Waals surface area (Å²) in [5.74, 6) is -0.0615. The Balaban J connectivity index is 1.89. The van der Waals surface area contributed by atoms with Gasteiger partial charge >= 0.3 is 12.1 Å². The molecule has 2 heterocycles. The number of ether oxygens (including phenoxy) is 2. The third-order valence-corrected chi connectivity index (χ3v) is 7.05. The molecule has 0 aliphatic rings. The zero-order valence-electron chi connectivity index (χ0n) is 24.3. The average molecular weight is 560 g/mol. The molecule has 4 rings (SSSR count). The van der Waals surface area contributed by atoms with Gasteiger partial charge in [-0.3, -0.25) is 4.98 Å². The Morgan fingerprint density at radius 1 is 1.02 bits per heavy atom. The van der Waals surface area contributed by atoms with E-state index in [0.29, 0.717) is 18.2 Å². The molecule has 2 aromatic heterocycles. The summed E-state index contributed by atoms with van der Waals surface area (Å²) in [5, 5.41) is 6.36. The topological polar surface area (TPSA) is 90.4 Å². The van der Waals surface area contributed by atoms with E-state index in [-0.39, 0.29) is 6.54 Å². The van der Waals surface area contributed by atoms with E-state index in [0.717, 1.165) is 55.8 Å². The minimum Gasteiger partial charge on any atom is -0.461 e. The number of nitrogens with zero attached hydrogens (tertiary/aromatic N) is 2. The van der Waals surface area contributed by atoms with Crippen molar-refractivity contribution in [2.75, 3.05) is 6.61 Å². The number of fused-ring (bicyclic) bond motifs is 1. The molecule has 0 aliphatic heterocycles. The first-order chi connectivity index (χ1) is 18.9. The van der Waals surface area contributed by atoms with Gasteiger partial charge in [0.25, 0.3) is 0 Å². The first-order valence-electron chi connectivity index (χ1n) is 13.6. The maximum atomic E-state index is 12.7. The van der Waals surface area contributed by atoms with Gasteiger partial charge in [-0.05, 0) is 76.3 Å². The van der Waals surface area contributed by atoms with E-state index in [1.165, 1.54) is 11.3 Å². The number of alkyl carbamates (subject to hydrolysis) is 1. The summed E-state index contributed by atoms with van der Waals surface area (Å²) in [6.07, 6.45) is 0.290. The van der Waals surface area contributed by atoms with Crippen LogP contribution in [0.2, 0.25) is 0 Å². The monoisotopic (exact) mass is 559 g/mol. The lowest BCUT2D eigenvalue weighted by Crippen LogP contribution is -2.32. The number of pyridine rings is 1. The molecule has 2 aromatic carbocycles. The van der Waals surface area contributed by atoms with E-state index < -0.39 is 17.7 Å². The molecule has 0 saturated carbocycles. The number of hydrogen-bond donors (Lipinski definition) is 1. The smallest absolute Gasteiger partial charge is 0.407 e. The van der Waals surface area contributed by atoms with Crippen LogP contribution in [0.4, 0.5) is 4.79 Å². The average Bonchev–Trinajstić information content (AvgIpc) is 3.37. The molecule has 0 unspecified atom stereocenters. The Labute approximate surface area is 240 Å². The fourth-order valence-corrected chi connectivity index (χ4v) is 5.25. The fourth-order valence-electron chi connectivity index (χ4n) is 4.46. The van der Waals surface area contributed by atoms with Crippen molar-refractivity contribution in [1.29, 1.82) is 0 Å². The van der Waals surface area contributed by atoms with Crippen LogP contribution in [0, 0.1) is 12.8 Å². The maximum Gasteiger partial charge on any atom is 0.407 e. The minimum absolute atomic E-state index is 0.275. The van der Waals surface area contributed by atoms with Gasteiger partial charge in [-0.1, -0.05) is 43.7 Å². The van der Waals surface area contributed by atoms with Crippen molar-refractivity contribution in [3.8, 4) is 21.7 Å². The SMILES string of the molecule is CCOC(=O)c1csc(-c2ccc3nc(CC(C)C)c(CNC(=O)OC(C)(C)C)c(-c4ccc(C)cc4)c3c2)n1. The number of nitrogens with one attached hydrogen (secondary N) is 1. The van der Waals surface area contributed by atoms with Crippen LogP contribution in [0.3, 0.4) is 0 Å². The molecule has 0 fully saturated rings. The van der Waals surface area contributed by atoms with Gasteiger partial charge in [0.15, 0.2) is 5.69 Å².